The maximum absolute atomic E-state index is 11.7. The van der Waals surface area contributed by atoms with Crippen LogP contribution >= 0.6 is 0 Å². The summed E-state index contributed by atoms with van der Waals surface area (Å²) in [6.07, 6.45) is 1.13. The summed E-state index contributed by atoms with van der Waals surface area (Å²) in [4.78, 5) is 23.6. The SMILES string of the molecule is CC(C)OC(=O)N(CC(=O)O)C1CCCCO1. The second-order valence-corrected chi connectivity index (χ2v) is 4.28. The van der Waals surface area contributed by atoms with Crippen LogP contribution in [0.4, 0.5) is 4.79 Å². The molecule has 1 amide bonds. The van der Waals surface area contributed by atoms with E-state index in [1.807, 2.05) is 0 Å². The molecule has 1 aliphatic rings. The lowest BCUT2D eigenvalue weighted by molar-refractivity contribution is -0.144. The van der Waals surface area contributed by atoms with E-state index in [-0.39, 0.29) is 6.10 Å². The van der Waals surface area contributed by atoms with Crippen molar-refractivity contribution in [3.8, 4) is 0 Å². The molecular formula is C11H19NO5. The van der Waals surface area contributed by atoms with Crippen LogP contribution in [-0.4, -0.2) is 47.6 Å². The first-order valence-corrected chi connectivity index (χ1v) is 5.81. The fraction of sp³-hybridized carbons (Fsp3) is 0.818. The van der Waals surface area contributed by atoms with E-state index in [9.17, 15) is 9.59 Å². The largest absolute Gasteiger partial charge is 0.480 e. The van der Waals surface area contributed by atoms with Gasteiger partial charge in [0.05, 0.1) is 6.10 Å². The molecule has 0 aromatic rings. The fourth-order valence-electron chi connectivity index (χ4n) is 1.67. The highest BCUT2D eigenvalue weighted by Crippen LogP contribution is 2.17. The summed E-state index contributed by atoms with van der Waals surface area (Å²) in [6, 6.07) is 0. The molecule has 1 aliphatic heterocycles. The summed E-state index contributed by atoms with van der Waals surface area (Å²) in [6.45, 7) is 3.60. The van der Waals surface area contributed by atoms with Crippen LogP contribution in [0.1, 0.15) is 33.1 Å². The Morgan fingerprint density at radius 2 is 2.18 bits per heavy atom. The number of carboxylic acids is 1. The maximum Gasteiger partial charge on any atom is 0.412 e. The van der Waals surface area contributed by atoms with Crippen LogP contribution in [0.2, 0.25) is 0 Å². The van der Waals surface area contributed by atoms with Crippen LogP contribution in [0, 0.1) is 0 Å². The third-order valence-corrected chi connectivity index (χ3v) is 2.38. The summed E-state index contributed by atoms with van der Waals surface area (Å²) in [5.74, 6) is -1.07. The van der Waals surface area contributed by atoms with Crippen molar-refractivity contribution in [1.29, 1.82) is 0 Å². The molecule has 1 atom stereocenters. The lowest BCUT2D eigenvalue weighted by Crippen LogP contribution is -2.47. The molecule has 1 heterocycles. The molecule has 1 fully saturated rings. The van der Waals surface area contributed by atoms with E-state index in [1.165, 1.54) is 0 Å². The zero-order chi connectivity index (χ0) is 12.8. The molecule has 17 heavy (non-hydrogen) atoms. The maximum atomic E-state index is 11.7. The Morgan fingerprint density at radius 3 is 2.65 bits per heavy atom. The monoisotopic (exact) mass is 245 g/mol. The molecule has 1 saturated heterocycles. The summed E-state index contributed by atoms with van der Waals surface area (Å²) < 4.78 is 10.4. The summed E-state index contributed by atoms with van der Waals surface area (Å²) in [5, 5.41) is 8.79. The van der Waals surface area contributed by atoms with Gasteiger partial charge < -0.3 is 14.6 Å². The number of carboxylic acid groups (broad SMARTS) is 1. The summed E-state index contributed by atoms with van der Waals surface area (Å²) in [7, 11) is 0. The smallest absolute Gasteiger partial charge is 0.412 e. The fourth-order valence-corrected chi connectivity index (χ4v) is 1.67. The average Bonchev–Trinajstić information content (AvgIpc) is 2.25. The first kappa shape index (κ1) is 13.8. The predicted octanol–water partition coefficient (Wildman–Crippen LogP) is 1.44. The molecule has 0 aliphatic carbocycles. The Labute approximate surface area is 100 Å². The molecule has 6 nitrogen and oxygen atoms in total. The quantitative estimate of drug-likeness (QED) is 0.811. The van der Waals surface area contributed by atoms with Gasteiger partial charge in [0.25, 0.3) is 0 Å². The van der Waals surface area contributed by atoms with Crippen molar-refractivity contribution in [2.45, 2.75) is 45.4 Å². The Morgan fingerprint density at radius 1 is 1.47 bits per heavy atom. The van der Waals surface area contributed by atoms with Crippen molar-refractivity contribution in [2.24, 2.45) is 0 Å². The van der Waals surface area contributed by atoms with Gasteiger partial charge in [0.15, 0.2) is 0 Å². The molecule has 6 heteroatoms. The Balaban J connectivity index is 2.64. The second-order valence-electron chi connectivity index (χ2n) is 4.28. The molecule has 1 rings (SSSR count). The van der Waals surface area contributed by atoms with E-state index in [0.29, 0.717) is 13.0 Å². The highest BCUT2D eigenvalue weighted by molar-refractivity contribution is 5.76. The van der Waals surface area contributed by atoms with Gasteiger partial charge in [0, 0.05) is 6.61 Å². The molecule has 0 saturated carbocycles. The highest BCUT2D eigenvalue weighted by atomic mass is 16.6. The van der Waals surface area contributed by atoms with Gasteiger partial charge in [-0.05, 0) is 33.1 Å². The van der Waals surface area contributed by atoms with Crippen molar-refractivity contribution in [3.05, 3.63) is 0 Å². The molecule has 98 valence electrons. The highest BCUT2D eigenvalue weighted by Gasteiger charge is 2.29. The molecule has 0 bridgehead atoms. The first-order valence-electron chi connectivity index (χ1n) is 5.81. The minimum atomic E-state index is -1.07. The molecule has 1 unspecified atom stereocenters. The van der Waals surface area contributed by atoms with Gasteiger partial charge in [-0.3, -0.25) is 9.69 Å². The van der Waals surface area contributed by atoms with E-state index >= 15 is 0 Å². The van der Waals surface area contributed by atoms with Gasteiger partial charge in [-0.25, -0.2) is 4.79 Å². The van der Waals surface area contributed by atoms with Crippen molar-refractivity contribution >= 4 is 12.1 Å². The number of carbonyl (C=O) groups excluding carboxylic acids is 1. The van der Waals surface area contributed by atoms with Crippen LogP contribution in [-0.2, 0) is 14.3 Å². The third-order valence-electron chi connectivity index (χ3n) is 2.38. The molecule has 1 N–H and O–H groups in total. The standard InChI is InChI=1S/C11H19NO5/c1-8(2)17-11(15)12(7-10(13)14)9-5-3-4-6-16-9/h8-9H,3-7H2,1-2H3,(H,13,14). The van der Waals surface area contributed by atoms with Gasteiger partial charge in [-0.1, -0.05) is 0 Å². The normalized spacial score (nSPS) is 20.1. The van der Waals surface area contributed by atoms with Gasteiger partial charge in [0.2, 0.25) is 0 Å². The zero-order valence-corrected chi connectivity index (χ0v) is 10.2. The number of rotatable bonds is 4. The molecule has 0 aromatic heterocycles. The molecule has 0 radical (unpaired) electrons. The number of aliphatic carboxylic acids is 1. The van der Waals surface area contributed by atoms with Gasteiger partial charge in [0.1, 0.15) is 12.8 Å². The van der Waals surface area contributed by atoms with Crippen LogP contribution in [0.5, 0.6) is 0 Å². The Bertz CT molecular complexity index is 273. The van der Waals surface area contributed by atoms with E-state index in [0.717, 1.165) is 17.7 Å². The van der Waals surface area contributed by atoms with E-state index < -0.39 is 24.8 Å². The molecular weight excluding hydrogens is 226 g/mol. The van der Waals surface area contributed by atoms with Crippen LogP contribution in [0.3, 0.4) is 0 Å². The van der Waals surface area contributed by atoms with Crippen molar-refractivity contribution in [1.82, 2.24) is 4.90 Å². The predicted molar refractivity (Wildman–Crippen MR) is 59.5 cm³/mol. The minimum Gasteiger partial charge on any atom is -0.480 e. The van der Waals surface area contributed by atoms with E-state index in [2.05, 4.69) is 0 Å². The Kier molecular flexibility index (Phi) is 5.21. The minimum absolute atomic E-state index is 0.276. The van der Waals surface area contributed by atoms with Crippen LogP contribution < -0.4 is 0 Å². The summed E-state index contributed by atoms with van der Waals surface area (Å²) in [5.41, 5.74) is 0. The molecule has 0 spiro atoms. The number of carbonyl (C=O) groups is 2. The second kappa shape index (κ2) is 6.44. The number of ether oxygens (including phenoxy) is 2. The third kappa shape index (κ3) is 4.60. The van der Waals surface area contributed by atoms with Crippen molar-refractivity contribution < 1.29 is 24.2 Å². The first-order chi connectivity index (χ1) is 8.00. The van der Waals surface area contributed by atoms with Gasteiger partial charge in [-0.15, -0.1) is 0 Å². The number of amides is 1. The van der Waals surface area contributed by atoms with Crippen molar-refractivity contribution in [2.75, 3.05) is 13.2 Å². The number of nitrogens with zero attached hydrogens (tertiary/aromatic N) is 1. The van der Waals surface area contributed by atoms with Gasteiger partial charge >= 0.3 is 12.1 Å². The van der Waals surface area contributed by atoms with Crippen LogP contribution in [0.15, 0.2) is 0 Å². The lowest BCUT2D eigenvalue weighted by Gasteiger charge is -2.32. The Hall–Kier alpha value is -1.30. The zero-order valence-electron chi connectivity index (χ0n) is 10.2. The average molecular weight is 245 g/mol. The summed E-state index contributed by atoms with van der Waals surface area (Å²) >= 11 is 0. The van der Waals surface area contributed by atoms with Crippen molar-refractivity contribution in [3.63, 3.8) is 0 Å². The lowest BCUT2D eigenvalue weighted by atomic mass is 10.2. The topological polar surface area (TPSA) is 76.1 Å². The number of hydrogen-bond donors (Lipinski definition) is 1. The molecule has 0 aromatic carbocycles. The van der Waals surface area contributed by atoms with E-state index in [4.69, 9.17) is 14.6 Å². The van der Waals surface area contributed by atoms with E-state index in [1.54, 1.807) is 13.8 Å². The number of hydrogen-bond acceptors (Lipinski definition) is 4. The van der Waals surface area contributed by atoms with Crippen LogP contribution in [0.25, 0.3) is 0 Å². The van der Waals surface area contributed by atoms with Gasteiger partial charge in [-0.2, -0.15) is 0 Å².